The van der Waals surface area contributed by atoms with Crippen molar-refractivity contribution in [3.63, 3.8) is 0 Å². The normalized spacial score (nSPS) is 16.7. The summed E-state index contributed by atoms with van der Waals surface area (Å²) >= 11 is 9.73. The summed E-state index contributed by atoms with van der Waals surface area (Å²) in [7, 11) is 0. The van der Waals surface area contributed by atoms with E-state index in [0.29, 0.717) is 16.8 Å². The SMILES string of the molecule is NC(c1nc(-c2ccc(Br)cc2)nc2ccc(Cl)cc12)C1CCCCC1. The molecule has 2 N–H and O–H groups in total. The van der Waals surface area contributed by atoms with Crippen molar-refractivity contribution in [1.29, 1.82) is 0 Å². The molecule has 1 aliphatic carbocycles. The van der Waals surface area contributed by atoms with Crippen LogP contribution in [0.1, 0.15) is 43.8 Å². The molecular formula is C21H21BrClN3. The Morgan fingerprint density at radius 3 is 2.46 bits per heavy atom. The number of hydrogen-bond donors (Lipinski definition) is 1. The van der Waals surface area contributed by atoms with E-state index < -0.39 is 0 Å². The van der Waals surface area contributed by atoms with E-state index in [1.165, 1.54) is 32.1 Å². The zero-order chi connectivity index (χ0) is 18.1. The van der Waals surface area contributed by atoms with Crippen LogP contribution in [0.15, 0.2) is 46.9 Å². The average Bonchev–Trinajstić information content (AvgIpc) is 2.68. The molecule has 1 unspecified atom stereocenters. The van der Waals surface area contributed by atoms with Crippen molar-refractivity contribution >= 4 is 38.4 Å². The van der Waals surface area contributed by atoms with Gasteiger partial charge in [0.1, 0.15) is 0 Å². The fraction of sp³-hybridized carbons (Fsp3) is 0.333. The van der Waals surface area contributed by atoms with Gasteiger partial charge in [0.2, 0.25) is 0 Å². The Morgan fingerprint density at radius 2 is 1.73 bits per heavy atom. The van der Waals surface area contributed by atoms with Gasteiger partial charge in [-0.2, -0.15) is 0 Å². The Balaban J connectivity index is 1.85. The molecule has 1 atom stereocenters. The maximum Gasteiger partial charge on any atom is 0.160 e. The van der Waals surface area contributed by atoms with Crippen LogP contribution in [0.3, 0.4) is 0 Å². The summed E-state index contributed by atoms with van der Waals surface area (Å²) in [6.45, 7) is 0. The van der Waals surface area contributed by atoms with Crippen molar-refractivity contribution in [2.75, 3.05) is 0 Å². The zero-order valence-corrected chi connectivity index (χ0v) is 16.8. The predicted molar refractivity (Wildman–Crippen MR) is 111 cm³/mol. The Hall–Kier alpha value is -1.49. The van der Waals surface area contributed by atoms with Crippen LogP contribution in [0.25, 0.3) is 22.3 Å². The summed E-state index contributed by atoms with van der Waals surface area (Å²) < 4.78 is 1.04. The van der Waals surface area contributed by atoms with Gasteiger partial charge >= 0.3 is 0 Å². The summed E-state index contributed by atoms with van der Waals surface area (Å²) in [5, 5.41) is 1.66. The maximum absolute atomic E-state index is 6.72. The van der Waals surface area contributed by atoms with Crippen LogP contribution < -0.4 is 5.73 Å². The molecule has 0 saturated heterocycles. The van der Waals surface area contributed by atoms with Crippen molar-refractivity contribution in [3.05, 3.63) is 57.7 Å². The smallest absolute Gasteiger partial charge is 0.160 e. The zero-order valence-electron chi connectivity index (χ0n) is 14.5. The van der Waals surface area contributed by atoms with Crippen molar-refractivity contribution in [2.24, 2.45) is 11.7 Å². The van der Waals surface area contributed by atoms with Crippen molar-refractivity contribution in [1.82, 2.24) is 9.97 Å². The number of nitrogens with two attached hydrogens (primary N) is 1. The minimum absolute atomic E-state index is 0.0894. The van der Waals surface area contributed by atoms with E-state index in [-0.39, 0.29) is 6.04 Å². The molecule has 26 heavy (non-hydrogen) atoms. The van der Waals surface area contributed by atoms with E-state index in [1.807, 2.05) is 42.5 Å². The summed E-state index contributed by atoms with van der Waals surface area (Å²) in [5.41, 5.74) is 9.52. The molecule has 0 radical (unpaired) electrons. The second kappa shape index (κ2) is 7.63. The highest BCUT2D eigenvalue weighted by molar-refractivity contribution is 9.10. The number of aromatic nitrogens is 2. The van der Waals surface area contributed by atoms with Gasteiger partial charge in [-0.15, -0.1) is 0 Å². The molecule has 2 aromatic carbocycles. The van der Waals surface area contributed by atoms with Gasteiger partial charge in [0.15, 0.2) is 5.82 Å². The summed E-state index contributed by atoms with van der Waals surface area (Å²) in [5.74, 6) is 1.19. The van der Waals surface area contributed by atoms with Gasteiger partial charge < -0.3 is 5.73 Å². The quantitative estimate of drug-likeness (QED) is 0.531. The number of halogens is 2. The van der Waals surface area contributed by atoms with E-state index in [1.54, 1.807) is 0 Å². The van der Waals surface area contributed by atoms with Crippen LogP contribution in [0, 0.1) is 5.92 Å². The van der Waals surface area contributed by atoms with E-state index >= 15 is 0 Å². The first-order valence-corrected chi connectivity index (χ1v) is 10.3. The van der Waals surface area contributed by atoms with Crippen molar-refractivity contribution in [3.8, 4) is 11.4 Å². The van der Waals surface area contributed by atoms with Crippen LogP contribution >= 0.6 is 27.5 Å². The molecule has 1 fully saturated rings. The molecule has 1 aromatic heterocycles. The van der Waals surface area contributed by atoms with Crippen LogP contribution in [0.2, 0.25) is 5.02 Å². The highest BCUT2D eigenvalue weighted by atomic mass is 79.9. The Labute approximate surface area is 167 Å². The van der Waals surface area contributed by atoms with Crippen LogP contribution in [0.4, 0.5) is 0 Å². The van der Waals surface area contributed by atoms with Gasteiger partial charge in [0.25, 0.3) is 0 Å². The summed E-state index contributed by atoms with van der Waals surface area (Å²) in [6, 6.07) is 13.7. The third-order valence-electron chi connectivity index (χ3n) is 5.26. The largest absolute Gasteiger partial charge is 0.322 e. The van der Waals surface area contributed by atoms with Crippen molar-refractivity contribution in [2.45, 2.75) is 38.1 Å². The lowest BCUT2D eigenvalue weighted by Gasteiger charge is -2.28. The Kier molecular flexibility index (Phi) is 5.25. The third kappa shape index (κ3) is 3.64. The molecule has 0 bridgehead atoms. The van der Waals surface area contributed by atoms with Crippen molar-refractivity contribution < 1.29 is 0 Å². The minimum atomic E-state index is -0.0894. The first-order chi connectivity index (χ1) is 12.6. The van der Waals surface area contributed by atoms with E-state index in [0.717, 1.165) is 26.6 Å². The molecule has 0 spiro atoms. The van der Waals surface area contributed by atoms with Crippen LogP contribution in [-0.2, 0) is 0 Å². The molecule has 1 saturated carbocycles. The molecule has 0 aliphatic heterocycles. The van der Waals surface area contributed by atoms with Gasteiger partial charge in [-0.25, -0.2) is 9.97 Å². The van der Waals surface area contributed by atoms with Gasteiger partial charge in [-0.3, -0.25) is 0 Å². The van der Waals surface area contributed by atoms with Crippen LogP contribution in [0.5, 0.6) is 0 Å². The summed E-state index contributed by atoms with van der Waals surface area (Å²) in [6.07, 6.45) is 6.15. The molecular weight excluding hydrogens is 410 g/mol. The molecule has 5 heteroatoms. The molecule has 134 valence electrons. The first kappa shape index (κ1) is 17.9. The van der Waals surface area contributed by atoms with Gasteiger partial charge in [0, 0.05) is 20.4 Å². The lowest BCUT2D eigenvalue weighted by atomic mass is 9.82. The van der Waals surface area contributed by atoms with E-state index in [2.05, 4.69) is 15.9 Å². The lowest BCUT2D eigenvalue weighted by molar-refractivity contribution is 0.306. The highest BCUT2D eigenvalue weighted by Crippen LogP contribution is 2.36. The average molecular weight is 431 g/mol. The molecule has 4 rings (SSSR count). The number of hydrogen-bond acceptors (Lipinski definition) is 3. The topological polar surface area (TPSA) is 51.8 Å². The Morgan fingerprint density at radius 1 is 1.00 bits per heavy atom. The molecule has 3 aromatic rings. The predicted octanol–water partition coefficient (Wildman–Crippen LogP) is 6.29. The lowest BCUT2D eigenvalue weighted by Crippen LogP contribution is -2.25. The van der Waals surface area contributed by atoms with Gasteiger partial charge in [-0.1, -0.05) is 58.9 Å². The third-order valence-corrected chi connectivity index (χ3v) is 6.03. The monoisotopic (exact) mass is 429 g/mol. The molecule has 0 amide bonds. The second-order valence-electron chi connectivity index (χ2n) is 7.02. The molecule has 1 aliphatic rings. The van der Waals surface area contributed by atoms with Gasteiger partial charge in [0.05, 0.1) is 17.3 Å². The van der Waals surface area contributed by atoms with Crippen LogP contribution in [-0.4, -0.2) is 9.97 Å². The van der Waals surface area contributed by atoms with Gasteiger partial charge in [-0.05, 0) is 49.1 Å². The van der Waals surface area contributed by atoms with E-state index in [9.17, 15) is 0 Å². The summed E-state index contributed by atoms with van der Waals surface area (Å²) in [4.78, 5) is 9.67. The maximum atomic E-state index is 6.72. The highest BCUT2D eigenvalue weighted by Gasteiger charge is 2.25. The number of fused-ring (bicyclic) bond motifs is 1. The second-order valence-corrected chi connectivity index (χ2v) is 8.38. The fourth-order valence-corrected chi connectivity index (χ4v) is 4.26. The molecule has 1 heterocycles. The fourth-order valence-electron chi connectivity index (χ4n) is 3.82. The standard InChI is InChI=1S/C21H21BrClN3/c22-15-8-6-14(7-9-15)21-25-18-11-10-16(23)12-17(18)20(26-21)19(24)13-4-2-1-3-5-13/h6-13,19H,1-5,24H2. The Bertz CT molecular complexity index is 920. The minimum Gasteiger partial charge on any atom is -0.322 e. The van der Waals surface area contributed by atoms with E-state index in [4.69, 9.17) is 27.3 Å². The number of nitrogens with zero attached hydrogens (tertiary/aromatic N) is 2. The number of benzene rings is 2. The molecule has 3 nitrogen and oxygen atoms in total. The first-order valence-electron chi connectivity index (χ1n) is 9.10. The number of rotatable bonds is 3.